The molecule has 1 saturated heterocycles. The lowest BCUT2D eigenvalue weighted by Gasteiger charge is -2.21. The molecule has 7 heteroatoms. The molecule has 0 spiro atoms. The van der Waals surface area contributed by atoms with Crippen molar-refractivity contribution < 1.29 is 9.53 Å². The largest absolute Gasteiger partial charge is 0.492 e. The van der Waals surface area contributed by atoms with E-state index in [0.717, 1.165) is 48.9 Å². The molecule has 7 nitrogen and oxygen atoms in total. The number of carbonyl (C=O) groups is 1. The number of aryl methyl sites for hydroxylation is 2. The van der Waals surface area contributed by atoms with Gasteiger partial charge in [0.1, 0.15) is 12.4 Å². The standard InChI is InChI=1S/C24H31N5O2/c1-17-3-6-20(7-4-17)29-13-11-19(16-29)27-24(25-2)26-12-14-31-21-8-9-22-18(15-21)5-10-23(30)28-22/h3-4,6-9,15,19H,5,10-14,16H2,1-2H3,(H,28,30)(H2,25,26,27). The van der Waals surface area contributed by atoms with E-state index in [1.54, 1.807) is 7.05 Å². The maximum atomic E-state index is 11.5. The number of fused-ring (bicyclic) bond motifs is 1. The van der Waals surface area contributed by atoms with Crippen molar-refractivity contribution in [2.75, 3.05) is 43.5 Å². The lowest BCUT2D eigenvalue weighted by Crippen LogP contribution is -2.45. The molecule has 2 aromatic carbocycles. The highest BCUT2D eigenvalue weighted by Gasteiger charge is 2.23. The van der Waals surface area contributed by atoms with E-state index >= 15 is 0 Å². The third-order valence-electron chi connectivity index (χ3n) is 5.79. The van der Waals surface area contributed by atoms with E-state index in [-0.39, 0.29) is 5.91 Å². The average Bonchev–Trinajstić information content (AvgIpc) is 3.25. The van der Waals surface area contributed by atoms with Crippen LogP contribution in [0.4, 0.5) is 11.4 Å². The molecular weight excluding hydrogens is 390 g/mol. The number of benzene rings is 2. The Balaban J connectivity index is 1.20. The Kier molecular flexibility index (Phi) is 6.60. The van der Waals surface area contributed by atoms with Crippen LogP contribution in [-0.4, -0.2) is 51.2 Å². The van der Waals surface area contributed by atoms with Crippen LogP contribution in [0.25, 0.3) is 0 Å². The van der Waals surface area contributed by atoms with Gasteiger partial charge in [-0.2, -0.15) is 0 Å². The molecule has 1 amide bonds. The number of carbonyl (C=O) groups excluding carboxylic acids is 1. The van der Waals surface area contributed by atoms with Crippen LogP contribution >= 0.6 is 0 Å². The molecule has 0 saturated carbocycles. The number of aliphatic imine (C=N–C) groups is 1. The summed E-state index contributed by atoms with van der Waals surface area (Å²) in [5.74, 6) is 1.70. The highest BCUT2D eigenvalue weighted by Crippen LogP contribution is 2.26. The highest BCUT2D eigenvalue weighted by atomic mass is 16.5. The van der Waals surface area contributed by atoms with Crippen molar-refractivity contribution in [1.29, 1.82) is 0 Å². The zero-order valence-corrected chi connectivity index (χ0v) is 18.3. The molecule has 0 radical (unpaired) electrons. The van der Waals surface area contributed by atoms with Crippen molar-refractivity contribution in [2.45, 2.75) is 32.2 Å². The van der Waals surface area contributed by atoms with Gasteiger partial charge in [0, 0.05) is 44.0 Å². The molecule has 2 aromatic rings. The number of hydrogen-bond donors (Lipinski definition) is 3. The van der Waals surface area contributed by atoms with Crippen molar-refractivity contribution in [3.8, 4) is 5.75 Å². The molecule has 2 heterocycles. The third kappa shape index (κ3) is 5.48. The fourth-order valence-corrected chi connectivity index (χ4v) is 4.04. The summed E-state index contributed by atoms with van der Waals surface area (Å²) in [7, 11) is 1.79. The first-order valence-corrected chi connectivity index (χ1v) is 10.9. The van der Waals surface area contributed by atoms with Crippen LogP contribution in [0.3, 0.4) is 0 Å². The first-order valence-electron chi connectivity index (χ1n) is 10.9. The molecule has 3 N–H and O–H groups in total. The summed E-state index contributed by atoms with van der Waals surface area (Å²) in [5, 5.41) is 9.75. The molecule has 164 valence electrons. The number of anilines is 2. The Morgan fingerprint density at radius 3 is 2.87 bits per heavy atom. The van der Waals surface area contributed by atoms with Crippen molar-refractivity contribution >= 4 is 23.2 Å². The van der Waals surface area contributed by atoms with Gasteiger partial charge in [-0.05, 0) is 55.7 Å². The number of ether oxygens (including phenoxy) is 1. The molecule has 1 fully saturated rings. The van der Waals surface area contributed by atoms with E-state index in [1.165, 1.54) is 11.3 Å². The van der Waals surface area contributed by atoms with E-state index in [1.807, 2.05) is 18.2 Å². The molecule has 0 aromatic heterocycles. The summed E-state index contributed by atoms with van der Waals surface area (Å²) in [4.78, 5) is 18.2. The predicted octanol–water partition coefficient (Wildman–Crippen LogP) is 2.70. The first kappa shape index (κ1) is 21.0. The third-order valence-corrected chi connectivity index (χ3v) is 5.79. The van der Waals surface area contributed by atoms with Gasteiger partial charge in [-0.3, -0.25) is 9.79 Å². The van der Waals surface area contributed by atoms with Crippen LogP contribution in [0, 0.1) is 6.92 Å². The number of hydrogen-bond acceptors (Lipinski definition) is 4. The number of guanidine groups is 1. The molecule has 1 atom stereocenters. The minimum Gasteiger partial charge on any atom is -0.492 e. The van der Waals surface area contributed by atoms with Crippen LogP contribution in [0.5, 0.6) is 5.75 Å². The molecular formula is C24H31N5O2. The van der Waals surface area contributed by atoms with Crippen molar-refractivity contribution in [3.63, 3.8) is 0 Å². The minimum atomic E-state index is 0.0773. The molecule has 4 rings (SSSR count). The Labute approximate surface area is 183 Å². The normalized spacial score (nSPS) is 18.4. The van der Waals surface area contributed by atoms with E-state index in [2.05, 4.69) is 57.0 Å². The Hall–Kier alpha value is -3.22. The number of nitrogens with zero attached hydrogens (tertiary/aromatic N) is 2. The van der Waals surface area contributed by atoms with Crippen molar-refractivity contribution in [2.24, 2.45) is 4.99 Å². The van der Waals surface area contributed by atoms with E-state index in [0.29, 0.717) is 25.6 Å². The number of rotatable bonds is 6. The van der Waals surface area contributed by atoms with Crippen LogP contribution in [-0.2, 0) is 11.2 Å². The second kappa shape index (κ2) is 9.73. The van der Waals surface area contributed by atoms with Crippen molar-refractivity contribution in [3.05, 3.63) is 53.6 Å². The van der Waals surface area contributed by atoms with Crippen LogP contribution in [0.15, 0.2) is 47.5 Å². The smallest absolute Gasteiger partial charge is 0.224 e. The molecule has 0 bridgehead atoms. The monoisotopic (exact) mass is 421 g/mol. The zero-order valence-electron chi connectivity index (χ0n) is 18.3. The number of amides is 1. The van der Waals surface area contributed by atoms with E-state index in [9.17, 15) is 4.79 Å². The minimum absolute atomic E-state index is 0.0773. The maximum absolute atomic E-state index is 11.5. The summed E-state index contributed by atoms with van der Waals surface area (Å²) in [6.45, 7) is 5.31. The van der Waals surface area contributed by atoms with Gasteiger partial charge in [0.05, 0.1) is 6.54 Å². The second-order valence-corrected chi connectivity index (χ2v) is 8.13. The Morgan fingerprint density at radius 2 is 2.06 bits per heavy atom. The summed E-state index contributed by atoms with van der Waals surface area (Å²) >= 11 is 0. The van der Waals surface area contributed by atoms with Crippen molar-refractivity contribution in [1.82, 2.24) is 10.6 Å². The average molecular weight is 422 g/mol. The first-order chi connectivity index (χ1) is 15.1. The van der Waals surface area contributed by atoms with Crippen LogP contribution in [0.1, 0.15) is 24.0 Å². The number of nitrogens with one attached hydrogen (secondary N) is 3. The van der Waals surface area contributed by atoms with Gasteiger partial charge >= 0.3 is 0 Å². The lowest BCUT2D eigenvalue weighted by molar-refractivity contribution is -0.116. The van der Waals surface area contributed by atoms with Gasteiger partial charge in [0.2, 0.25) is 5.91 Å². The van der Waals surface area contributed by atoms with Gasteiger partial charge in [-0.25, -0.2) is 0 Å². The summed E-state index contributed by atoms with van der Waals surface area (Å²) in [6.07, 6.45) is 2.37. The van der Waals surface area contributed by atoms with E-state index in [4.69, 9.17) is 4.74 Å². The Morgan fingerprint density at radius 1 is 1.23 bits per heavy atom. The van der Waals surface area contributed by atoms with Crippen LogP contribution in [0.2, 0.25) is 0 Å². The van der Waals surface area contributed by atoms with Gasteiger partial charge in [-0.1, -0.05) is 17.7 Å². The van der Waals surface area contributed by atoms with Gasteiger partial charge < -0.3 is 25.6 Å². The zero-order chi connectivity index (χ0) is 21.6. The second-order valence-electron chi connectivity index (χ2n) is 8.13. The topological polar surface area (TPSA) is 78.0 Å². The lowest BCUT2D eigenvalue weighted by atomic mass is 10.0. The molecule has 2 aliphatic heterocycles. The molecule has 2 aliphatic rings. The van der Waals surface area contributed by atoms with Crippen LogP contribution < -0.4 is 25.6 Å². The van der Waals surface area contributed by atoms with E-state index < -0.39 is 0 Å². The molecule has 31 heavy (non-hydrogen) atoms. The SMILES string of the molecule is CN=C(NCCOc1ccc2c(c1)CCC(=O)N2)NC1CCN(c2ccc(C)cc2)C1. The summed E-state index contributed by atoms with van der Waals surface area (Å²) < 4.78 is 5.88. The van der Waals surface area contributed by atoms with Gasteiger partial charge in [0.15, 0.2) is 5.96 Å². The van der Waals surface area contributed by atoms with Gasteiger partial charge in [0.25, 0.3) is 0 Å². The maximum Gasteiger partial charge on any atom is 0.224 e. The summed E-state index contributed by atoms with van der Waals surface area (Å²) in [6, 6.07) is 14.9. The van der Waals surface area contributed by atoms with Gasteiger partial charge in [-0.15, -0.1) is 0 Å². The Bertz CT molecular complexity index is 941. The predicted molar refractivity (Wildman–Crippen MR) is 125 cm³/mol. The molecule has 0 aliphatic carbocycles. The molecule has 1 unspecified atom stereocenters. The highest BCUT2D eigenvalue weighted by molar-refractivity contribution is 5.94. The summed E-state index contributed by atoms with van der Waals surface area (Å²) in [5.41, 5.74) is 4.58. The fraction of sp³-hybridized carbons (Fsp3) is 0.417. The quantitative estimate of drug-likeness (QED) is 0.380. The fourth-order valence-electron chi connectivity index (χ4n) is 4.04.